The van der Waals surface area contributed by atoms with Gasteiger partial charge in [-0.2, -0.15) is 0 Å². The Kier molecular flexibility index (Phi) is 6.50. The molecule has 0 aliphatic rings. The van der Waals surface area contributed by atoms with E-state index in [2.05, 4.69) is 64.7 Å². The molecule has 0 aliphatic heterocycles. The predicted molar refractivity (Wildman–Crippen MR) is 82.4 cm³/mol. The second kappa shape index (κ2) is 7.89. The molecule has 1 atom stereocenters. The highest BCUT2D eigenvalue weighted by Gasteiger charge is 2.05. The van der Waals surface area contributed by atoms with E-state index in [1.165, 1.54) is 11.1 Å². The molecule has 0 spiro atoms. The second-order valence-electron chi connectivity index (χ2n) is 5.57. The third-order valence-corrected chi connectivity index (χ3v) is 2.95. The standard InChI is InChI=1S/C18H26O/c1-6-7-8-15(4)11-17-9-10-18(12-16(17)5)19-13-14(2)3/h9-10,12,14-15H,6,11,13H2,1-5H3. The summed E-state index contributed by atoms with van der Waals surface area (Å²) in [6.07, 6.45) is 1.95. The molecule has 0 bridgehead atoms. The molecule has 0 saturated heterocycles. The van der Waals surface area contributed by atoms with Crippen molar-refractivity contribution in [2.24, 2.45) is 11.8 Å². The van der Waals surface area contributed by atoms with Crippen LogP contribution in [0, 0.1) is 30.6 Å². The molecule has 0 aromatic heterocycles. The zero-order valence-corrected chi connectivity index (χ0v) is 12.9. The van der Waals surface area contributed by atoms with Crippen molar-refractivity contribution < 1.29 is 4.74 Å². The Labute approximate surface area is 118 Å². The first kappa shape index (κ1) is 15.6. The van der Waals surface area contributed by atoms with Crippen LogP contribution in [0.2, 0.25) is 0 Å². The molecular formula is C18H26O. The SMILES string of the molecule is CCC#CC(C)Cc1ccc(OCC(C)C)cc1C. The van der Waals surface area contributed by atoms with E-state index >= 15 is 0 Å². The van der Waals surface area contributed by atoms with Gasteiger partial charge in [0, 0.05) is 12.3 Å². The highest BCUT2D eigenvalue weighted by Crippen LogP contribution is 2.20. The Morgan fingerprint density at radius 3 is 2.53 bits per heavy atom. The lowest BCUT2D eigenvalue weighted by Gasteiger charge is -2.12. The molecule has 0 saturated carbocycles. The van der Waals surface area contributed by atoms with Crippen LogP contribution in [-0.2, 0) is 6.42 Å². The first-order chi connectivity index (χ1) is 9.02. The van der Waals surface area contributed by atoms with E-state index < -0.39 is 0 Å². The number of aryl methyl sites for hydroxylation is 1. The molecule has 19 heavy (non-hydrogen) atoms. The van der Waals surface area contributed by atoms with Crippen LogP contribution in [0.1, 0.15) is 45.2 Å². The van der Waals surface area contributed by atoms with Crippen LogP contribution in [0.5, 0.6) is 5.75 Å². The fourth-order valence-corrected chi connectivity index (χ4v) is 1.91. The lowest BCUT2D eigenvalue weighted by Crippen LogP contribution is -2.05. The average molecular weight is 258 g/mol. The Hall–Kier alpha value is -1.42. The summed E-state index contributed by atoms with van der Waals surface area (Å²) < 4.78 is 5.75. The number of ether oxygens (including phenoxy) is 1. The van der Waals surface area contributed by atoms with Gasteiger partial charge < -0.3 is 4.74 Å². The van der Waals surface area contributed by atoms with E-state index in [1.54, 1.807) is 0 Å². The Morgan fingerprint density at radius 1 is 1.21 bits per heavy atom. The molecular weight excluding hydrogens is 232 g/mol. The van der Waals surface area contributed by atoms with Gasteiger partial charge in [-0.25, -0.2) is 0 Å². The summed E-state index contributed by atoms with van der Waals surface area (Å²) >= 11 is 0. The molecule has 104 valence electrons. The van der Waals surface area contributed by atoms with Crippen molar-refractivity contribution in [3.63, 3.8) is 0 Å². The van der Waals surface area contributed by atoms with Crippen molar-refractivity contribution >= 4 is 0 Å². The van der Waals surface area contributed by atoms with Crippen molar-refractivity contribution in [3.05, 3.63) is 29.3 Å². The minimum atomic E-state index is 0.418. The largest absolute Gasteiger partial charge is 0.493 e. The van der Waals surface area contributed by atoms with Gasteiger partial charge in [0.15, 0.2) is 0 Å². The monoisotopic (exact) mass is 258 g/mol. The molecule has 1 heteroatoms. The molecule has 0 N–H and O–H groups in total. The van der Waals surface area contributed by atoms with Gasteiger partial charge in [0.2, 0.25) is 0 Å². The summed E-state index contributed by atoms with van der Waals surface area (Å²) in [7, 11) is 0. The minimum absolute atomic E-state index is 0.418. The number of rotatable bonds is 5. The quantitative estimate of drug-likeness (QED) is 0.700. The molecule has 0 heterocycles. The summed E-state index contributed by atoms with van der Waals surface area (Å²) in [5.41, 5.74) is 2.67. The van der Waals surface area contributed by atoms with Crippen molar-refractivity contribution in [2.75, 3.05) is 6.61 Å². The highest BCUT2D eigenvalue weighted by atomic mass is 16.5. The molecule has 1 aromatic rings. The van der Waals surface area contributed by atoms with Gasteiger partial charge in [-0.3, -0.25) is 0 Å². The zero-order chi connectivity index (χ0) is 14.3. The maximum Gasteiger partial charge on any atom is 0.119 e. The summed E-state index contributed by atoms with van der Waals surface area (Å²) in [6.45, 7) is 11.5. The summed E-state index contributed by atoms with van der Waals surface area (Å²) in [6, 6.07) is 6.39. The lowest BCUT2D eigenvalue weighted by atomic mass is 9.97. The topological polar surface area (TPSA) is 9.23 Å². The van der Waals surface area contributed by atoms with E-state index in [0.717, 1.165) is 25.2 Å². The van der Waals surface area contributed by atoms with Gasteiger partial charge in [0.05, 0.1) is 6.61 Å². The van der Waals surface area contributed by atoms with E-state index in [4.69, 9.17) is 4.74 Å². The van der Waals surface area contributed by atoms with Crippen molar-refractivity contribution in [1.29, 1.82) is 0 Å². The number of hydrogen-bond acceptors (Lipinski definition) is 1. The molecule has 0 fully saturated rings. The molecule has 0 amide bonds. The highest BCUT2D eigenvalue weighted by molar-refractivity contribution is 5.35. The molecule has 0 radical (unpaired) electrons. The van der Waals surface area contributed by atoms with Gasteiger partial charge in [-0.05, 0) is 42.5 Å². The third-order valence-electron chi connectivity index (χ3n) is 2.95. The second-order valence-corrected chi connectivity index (χ2v) is 5.57. The van der Waals surface area contributed by atoms with Crippen molar-refractivity contribution in [3.8, 4) is 17.6 Å². The number of hydrogen-bond donors (Lipinski definition) is 0. The fourth-order valence-electron chi connectivity index (χ4n) is 1.91. The normalized spacial score (nSPS) is 11.9. The van der Waals surface area contributed by atoms with Gasteiger partial charge in [0.25, 0.3) is 0 Å². The summed E-state index contributed by atoms with van der Waals surface area (Å²) in [5, 5.41) is 0. The molecule has 1 unspecified atom stereocenters. The van der Waals surface area contributed by atoms with E-state index in [1.807, 2.05) is 0 Å². The molecule has 0 aliphatic carbocycles. The first-order valence-corrected chi connectivity index (χ1v) is 7.23. The predicted octanol–water partition coefficient (Wildman–Crippen LogP) is 4.62. The van der Waals surface area contributed by atoms with Crippen LogP contribution in [-0.4, -0.2) is 6.61 Å². The smallest absolute Gasteiger partial charge is 0.119 e. The van der Waals surface area contributed by atoms with E-state index in [9.17, 15) is 0 Å². The van der Waals surface area contributed by atoms with Gasteiger partial charge in [-0.15, -0.1) is 5.92 Å². The van der Waals surface area contributed by atoms with E-state index in [-0.39, 0.29) is 0 Å². The van der Waals surface area contributed by atoms with Crippen LogP contribution in [0.3, 0.4) is 0 Å². The molecule has 1 aromatic carbocycles. The van der Waals surface area contributed by atoms with Gasteiger partial charge in [0.1, 0.15) is 5.75 Å². The van der Waals surface area contributed by atoms with Crippen LogP contribution >= 0.6 is 0 Å². The molecule has 1 rings (SSSR count). The van der Waals surface area contributed by atoms with Crippen LogP contribution < -0.4 is 4.74 Å². The third kappa shape index (κ3) is 5.83. The average Bonchev–Trinajstić information content (AvgIpc) is 2.36. The lowest BCUT2D eigenvalue weighted by molar-refractivity contribution is 0.271. The summed E-state index contributed by atoms with van der Waals surface area (Å²) in [4.78, 5) is 0. The zero-order valence-electron chi connectivity index (χ0n) is 12.9. The van der Waals surface area contributed by atoms with E-state index in [0.29, 0.717) is 11.8 Å². The van der Waals surface area contributed by atoms with Gasteiger partial charge in [-0.1, -0.05) is 39.7 Å². The van der Waals surface area contributed by atoms with Crippen molar-refractivity contribution in [1.82, 2.24) is 0 Å². The first-order valence-electron chi connectivity index (χ1n) is 7.23. The summed E-state index contributed by atoms with van der Waals surface area (Å²) in [5.74, 6) is 8.39. The maximum absolute atomic E-state index is 5.75. The Bertz CT molecular complexity index is 448. The van der Waals surface area contributed by atoms with Crippen LogP contribution in [0.15, 0.2) is 18.2 Å². The maximum atomic E-state index is 5.75. The molecule has 1 nitrogen and oxygen atoms in total. The minimum Gasteiger partial charge on any atom is -0.493 e. The number of benzene rings is 1. The Balaban J connectivity index is 2.66. The Morgan fingerprint density at radius 2 is 1.95 bits per heavy atom. The van der Waals surface area contributed by atoms with Crippen LogP contribution in [0.4, 0.5) is 0 Å². The van der Waals surface area contributed by atoms with Crippen LogP contribution in [0.25, 0.3) is 0 Å². The van der Waals surface area contributed by atoms with Gasteiger partial charge >= 0.3 is 0 Å². The van der Waals surface area contributed by atoms with Crippen molar-refractivity contribution in [2.45, 2.75) is 47.5 Å². The fraction of sp³-hybridized carbons (Fsp3) is 0.556.